The second-order valence-electron chi connectivity index (χ2n) is 6.49. The van der Waals surface area contributed by atoms with E-state index in [1.54, 1.807) is 0 Å². The van der Waals surface area contributed by atoms with Crippen LogP contribution in [0.3, 0.4) is 0 Å². The van der Waals surface area contributed by atoms with Gasteiger partial charge in [0, 0.05) is 19.0 Å². The molecule has 4 heteroatoms. The number of hydrogen-bond donors (Lipinski definition) is 1. The van der Waals surface area contributed by atoms with Crippen molar-refractivity contribution in [3.8, 4) is 0 Å². The predicted molar refractivity (Wildman–Crippen MR) is 77.3 cm³/mol. The fraction of sp³-hybridized carbons (Fsp3) is 0.875. The molecule has 0 spiro atoms. The number of carbonyl (C=O) groups excluding carboxylic acids is 1. The number of carboxylic acids is 1. The van der Waals surface area contributed by atoms with Crippen LogP contribution in [0.2, 0.25) is 0 Å². The summed E-state index contributed by atoms with van der Waals surface area (Å²) in [6, 6.07) is 0.367. The molecule has 20 heavy (non-hydrogen) atoms. The van der Waals surface area contributed by atoms with Gasteiger partial charge in [-0.2, -0.15) is 0 Å². The number of rotatable bonds is 3. The Hall–Kier alpha value is -1.06. The highest BCUT2D eigenvalue weighted by Gasteiger charge is 2.36. The molecule has 2 saturated carbocycles. The third-order valence-corrected chi connectivity index (χ3v) is 5.10. The van der Waals surface area contributed by atoms with Crippen LogP contribution in [0.4, 0.5) is 0 Å². The summed E-state index contributed by atoms with van der Waals surface area (Å²) in [5, 5.41) is 9.04. The SMILES string of the molecule is CN(C(=O)[C@@H]1CC[C@H](C(=O)O)C1)C1CCCCCCC1. The van der Waals surface area contributed by atoms with Crippen molar-refractivity contribution in [1.29, 1.82) is 0 Å². The smallest absolute Gasteiger partial charge is 0.306 e. The highest BCUT2D eigenvalue weighted by Crippen LogP contribution is 2.33. The van der Waals surface area contributed by atoms with Crippen LogP contribution in [-0.2, 0) is 9.59 Å². The molecule has 2 aliphatic carbocycles. The number of aliphatic carboxylic acids is 1. The first-order valence-electron chi connectivity index (χ1n) is 8.09. The van der Waals surface area contributed by atoms with Crippen molar-refractivity contribution in [3.05, 3.63) is 0 Å². The topological polar surface area (TPSA) is 57.6 Å². The van der Waals surface area contributed by atoms with Crippen molar-refractivity contribution in [2.75, 3.05) is 7.05 Å². The van der Waals surface area contributed by atoms with Gasteiger partial charge >= 0.3 is 5.97 Å². The van der Waals surface area contributed by atoms with Gasteiger partial charge in [0.05, 0.1) is 5.92 Å². The Morgan fingerprint density at radius 1 is 0.900 bits per heavy atom. The van der Waals surface area contributed by atoms with Gasteiger partial charge in [-0.3, -0.25) is 9.59 Å². The van der Waals surface area contributed by atoms with Crippen LogP contribution < -0.4 is 0 Å². The van der Waals surface area contributed by atoms with E-state index >= 15 is 0 Å². The number of nitrogens with zero attached hydrogens (tertiary/aromatic N) is 1. The Bertz CT molecular complexity index is 348. The van der Waals surface area contributed by atoms with Gasteiger partial charge in [-0.15, -0.1) is 0 Å². The molecule has 0 aromatic heterocycles. The molecule has 0 unspecified atom stereocenters. The number of amides is 1. The van der Waals surface area contributed by atoms with Crippen LogP contribution in [0.15, 0.2) is 0 Å². The Morgan fingerprint density at radius 3 is 2.00 bits per heavy atom. The quantitative estimate of drug-likeness (QED) is 0.865. The molecule has 2 fully saturated rings. The summed E-state index contributed by atoms with van der Waals surface area (Å²) in [7, 11) is 1.92. The molecule has 1 N–H and O–H groups in total. The molecule has 2 rings (SSSR count). The fourth-order valence-electron chi connectivity index (χ4n) is 3.72. The lowest BCUT2D eigenvalue weighted by molar-refractivity contribution is -0.141. The first kappa shape index (κ1) is 15.3. The molecule has 0 heterocycles. The van der Waals surface area contributed by atoms with Gasteiger partial charge in [0.15, 0.2) is 0 Å². The maximum atomic E-state index is 12.5. The van der Waals surface area contributed by atoms with Gasteiger partial charge in [-0.1, -0.05) is 32.1 Å². The molecule has 0 aromatic rings. The van der Waals surface area contributed by atoms with Gasteiger partial charge in [-0.25, -0.2) is 0 Å². The zero-order valence-electron chi connectivity index (χ0n) is 12.5. The molecule has 0 radical (unpaired) electrons. The van der Waals surface area contributed by atoms with E-state index < -0.39 is 5.97 Å². The molecular formula is C16H27NO3. The van der Waals surface area contributed by atoms with Crippen molar-refractivity contribution >= 4 is 11.9 Å². The van der Waals surface area contributed by atoms with Crippen LogP contribution in [0, 0.1) is 11.8 Å². The standard InChI is InChI=1S/C16H27NO3/c1-17(14-7-5-3-2-4-6-8-14)15(18)12-9-10-13(11-12)16(19)20/h12-14H,2-11H2,1H3,(H,19,20)/t12-,13+/m1/s1. The molecule has 2 atom stereocenters. The largest absolute Gasteiger partial charge is 0.481 e. The summed E-state index contributed by atoms with van der Waals surface area (Å²) in [6.07, 6.45) is 10.5. The highest BCUT2D eigenvalue weighted by atomic mass is 16.4. The third-order valence-electron chi connectivity index (χ3n) is 5.10. The van der Waals surface area contributed by atoms with Crippen LogP contribution in [-0.4, -0.2) is 35.0 Å². The number of carboxylic acid groups (broad SMARTS) is 1. The summed E-state index contributed by atoms with van der Waals surface area (Å²) in [4.78, 5) is 25.5. The zero-order valence-corrected chi connectivity index (χ0v) is 12.5. The molecule has 0 aromatic carbocycles. The lowest BCUT2D eigenvalue weighted by Crippen LogP contribution is -2.40. The lowest BCUT2D eigenvalue weighted by atomic mass is 9.94. The molecule has 2 aliphatic rings. The summed E-state index contributed by atoms with van der Waals surface area (Å²) in [6.45, 7) is 0. The Morgan fingerprint density at radius 2 is 1.45 bits per heavy atom. The van der Waals surface area contributed by atoms with E-state index in [0.717, 1.165) is 19.3 Å². The molecule has 0 aliphatic heterocycles. The number of hydrogen-bond acceptors (Lipinski definition) is 2. The van der Waals surface area contributed by atoms with Crippen LogP contribution in [0.1, 0.15) is 64.2 Å². The second-order valence-corrected chi connectivity index (χ2v) is 6.49. The van der Waals surface area contributed by atoms with Gasteiger partial charge < -0.3 is 10.0 Å². The van der Waals surface area contributed by atoms with Crippen molar-refractivity contribution in [1.82, 2.24) is 4.90 Å². The lowest BCUT2D eigenvalue weighted by Gasteiger charge is -2.31. The van der Waals surface area contributed by atoms with Crippen molar-refractivity contribution in [3.63, 3.8) is 0 Å². The minimum absolute atomic E-state index is 0.0634. The maximum Gasteiger partial charge on any atom is 0.306 e. The summed E-state index contributed by atoms with van der Waals surface area (Å²) in [5.41, 5.74) is 0. The zero-order chi connectivity index (χ0) is 14.5. The van der Waals surface area contributed by atoms with Crippen molar-refractivity contribution in [2.45, 2.75) is 70.3 Å². The minimum Gasteiger partial charge on any atom is -0.481 e. The van der Waals surface area contributed by atoms with Gasteiger partial charge in [0.25, 0.3) is 0 Å². The highest BCUT2D eigenvalue weighted by molar-refractivity contribution is 5.81. The molecule has 0 bridgehead atoms. The first-order chi connectivity index (χ1) is 9.59. The Balaban J connectivity index is 1.89. The molecule has 114 valence electrons. The Kier molecular flexibility index (Phi) is 5.44. The van der Waals surface area contributed by atoms with Gasteiger partial charge in [-0.05, 0) is 32.1 Å². The van der Waals surface area contributed by atoms with Crippen molar-refractivity contribution < 1.29 is 14.7 Å². The van der Waals surface area contributed by atoms with E-state index in [1.807, 2.05) is 11.9 Å². The van der Waals surface area contributed by atoms with E-state index in [2.05, 4.69) is 0 Å². The van der Waals surface area contributed by atoms with Gasteiger partial charge in [0.1, 0.15) is 0 Å². The normalized spacial score (nSPS) is 28.6. The summed E-state index contributed by atoms with van der Waals surface area (Å²) >= 11 is 0. The van der Waals surface area contributed by atoms with E-state index in [1.165, 1.54) is 32.1 Å². The third kappa shape index (κ3) is 3.74. The molecule has 1 amide bonds. The van der Waals surface area contributed by atoms with Gasteiger partial charge in [0.2, 0.25) is 5.91 Å². The van der Waals surface area contributed by atoms with E-state index in [9.17, 15) is 9.59 Å². The Labute approximate surface area is 121 Å². The van der Waals surface area contributed by atoms with Crippen LogP contribution in [0.25, 0.3) is 0 Å². The average molecular weight is 281 g/mol. The summed E-state index contributed by atoms with van der Waals surface area (Å²) < 4.78 is 0. The van der Waals surface area contributed by atoms with E-state index in [0.29, 0.717) is 18.9 Å². The molecule has 4 nitrogen and oxygen atoms in total. The van der Waals surface area contributed by atoms with Crippen LogP contribution >= 0.6 is 0 Å². The van der Waals surface area contributed by atoms with Crippen molar-refractivity contribution in [2.24, 2.45) is 11.8 Å². The van der Waals surface area contributed by atoms with E-state index in [-0.39, 0.29) is 17.7 Å². The molecular weight excluding hydrogens is 254 g/mol. The predicted octanol–water partition coefficient (Wildman–Crippen LogP) is 3.06. The first-order valence-corrected chi connectivity index (χ1v) is 8.09. The second kappa shape index (κ2) is 7.09. The number of carbonyl (C=O) groups is 2. The summed E-state index contributed by atoms with van der Waals surface area (Å²) in [5.74, 6) is -0.936. The van der Waals surface area contributed by atoms with E-state index in [4.69, 9.17) is 5.11 Å². The maximum absolute atomic E-state index is 12.5. The van der Waals surface area contributed by atoms with Crippen LogP contribution in [0.5, 0.6) is 0 Å². The minimum atomic E-state index is -0.742. The molecule has 0 saturated heterocycles. The average Bonchev–Trinajstić information content (AvgIpc) is 2.86. The fourth-order valence-corrected chi connectivity index (χ4v) is 3.72. The monoisotopic (exact) mass is 281 g/mol.